The van der Waals surface area contributed by atoms with E-state index in [1.54, 1.807) is 6.92 Å². The van der Waals surface area contributed by atoms with Crippen LogP contribution in [0.25, 0.3) is 0 Å². The molecule has 1 aromatic rings. The maximum atomic E-state index is 11.3. The molecule has 2 amide bonds. The topological polar surface area (TPSA) is 85.1 Å². The summed E-state index contributed by atoms with van der Waals surface area (Å²) >= 11 is 4.18. The van der Waals surface area contributed by atoms with Crippen LogP contribution in [-0.2, 0) is 0 Å². The number of carbonyl (C=O) groups excluding carboxylic acids is 2. The third-order valence-corrected chi connectivity index (χ3v) is 3.02. The average molecular weight is 278 g/mol. The Kier molecular flexibility index (Phi) is 3.59. The lowest BCUT2D eigenvalue weighted by molar-refractivity contribution is 0.102. The number of anilines is 1. The molecule has 1 aromatic heterocycles. The van der Waals surface area contributed by atoms with Gasteiger partial charge in [0.05, 0.1) is 15.9 Å². The molecule has 0 saturated carbocycles. The van der Waals surface area contributed by atoms with Gasteiger partial charge in [-0.15, -0.1) is 0 Å². The number of amides is 2. The highest BCUT2D eigenvalue weighted by Crippen LogP contribution is 2.23. The smallest absolute Gasteiger partial charge is 0.318 e. The molecule has 7 heteroatoms. The van der Waals surface area contributed by atoms with Crippen LogP contribution in [0.4, 0.5) is 9.93 Å². The number of ketones is 1. The van der Waals surface area contributed by atoms with Gasteiger partial charge < -0.3 is 5.73 Å². The van der Waals surface area contributed by atoms with Crippen molar-refractivity contribution in [3.63, 3.8) is 0 Å². The van der Waals surface area contributed by atoms with E-state index >= 15 is 0 Å². The Labute approximate surface area is 92.8 Å². The van der Waals surface area contributed by atoms with Gasteiger partial charge in [0.2, 0.25) is 0 Å². The minimum Gasteiger partial charge on any atom is -0.351 e. The van der Waals surface area contributed by atoms with Crippen LogP contribution in [0.5, 0.6) is 0 Å². The fraction of sp³-hybridized carbons (Fsp3) is 0.286. The third kappa shape index (κ3) is 2.52. The number of primary amides is 1. The van der Waals surface area contributed by atoms with E-state index < -0.39 is 6.03 Å². The summed E-state index contributed by atoms with van der Waals surface area (Å²) < 4.78 is 0. The van der Waals surface area contributed by atoms with Gasteiger partial charge in [0.1, 0.15) is 0 Å². The number of aromatic nitrogens is 1. The van der Waals surface area contributed by atoms with Crippen molar-refractivity contribution < 1.29 is 9.59 Å². The Balaban J connectivity index is 2.93. The maximum Gasteiger partial charge on any atom is 0.318 e. The first kappa shape index (κ1) is 11.1. The van der Waals surface area contributed by atoms with Gasteiger partial charge in [-0.1, -0.05) is 27.3 Å². The Bertz CT molecular complexity index is 377. The quantitative estimate of drug-likeness (QED) is 0.649. The van der Waals surface area contributed by atoms with Gasteiger partial charge in [-0.05, 0) is 6.92 Å². The van der Waals surface area contributed by atoms with Gasteiger partial charge >= 0.3 is 6.03 Å². The normalized spacial score (nSPS) is 9.86. The van der Waals surface area contributed by atoms with Crippen LogP contribution in [0.2, 0.25) is 0 Å². The summed E-state index contributed by atoms with van der Waals surface area (Å²) in [7, 11) is 0. The lowest BCUT2D eigenvalue weighted by Crippen LogP contribution is -2.18. The number of urea groups is 1. The number of hydrogen-bond acceptors (Lipinski definition) is 4. The second-order valence-corrected chi connectivity index (χ2v) is 4.04. The van der Waals surface area contributed by atoms with Crippen LogP contribution in [0.1, 0.15) is 15.4 Å². The number of nitrogens with zero attached hydrogens (tertiary/aromatic N) is 1. The molecule has 3 N–H and O–H groups in total. The van der Waals surface area contributed by atoms with E-state index in [2.05, 4.69) is 26.2 Å². The second-order valence-electron chi connectivity index (χ2n) is 2.48. The van der Waals surface area contributed by atoms with Crippen molar-refractivity contribution in [2.24, 2.45) is 5.73 Å². The fourth-order valence-corrected chi connectivity index (χ4v) is 2.25. The Morgan fingerprint density at radius 2 is 2.29 bits per heavy atom. The summed E-state index contributed by atoms with van der Waals surface area (Å²) in [5.74, 6) is -0.0579. The monoisotopic (exact) mass is 277 g/mol. The van der Waals surface area contributed by atoms with Crippen LogP contribution >= 0.6 is 27.3 Å². The van der Waals surface area contributed by atoms with Crippen LogP contribution in [0.15, 0.2) is 0 Å². The molecule has 1 rings (SSSR count). The number of alkyl halides is 1. The molecule has 0 aromatic carbocycles. The minimum absolute atomic E-state index is 0.0579. The van der Waals surface area contributed by atoms with Crippen LogP contribution in [-0.4, -0.2) is 22.1 Å². The van der Waals surface area contributed by atoms with Crippen LogP contribution in [0, 0.1) is 6.92 Å². The first-order valence-corrected chi connectivity index (χ1v) is 5.61. The number of halogens is 1. The van der Waals surface area contributed by atoms with Crippen molar-refractivity contribution >= 4 is 44.2 Å². The molecule has 0 bridgehead atoms. The van der Waals surface area contributed by atoms with Crippen molar-refractivity contribution in [1.82, 2.24) is 4.98 Å². The fourth-order valence-electron chi connectivity index (χ4n) is 0.875. The molecule has 0 fully saturated rings. The van der Waals surface area contributed by atoms with E-state index in [0.717, 1.165) is 11.3 Å². The summed E-state index contributed by atoms with van der Waals surface area (Å²) in [5, 5.41) is 2.91. The highest BCUT2D eigenvalue weighted by atomic mass is 79.9. The van der Waals surface area contributed by atoms with Crippen molar-refractivity contribution in [3.05, 3.63) is 10.6 Å². The first-order valence-electron chi connectivity index (χ1n) is 3.67. The van der Waals surface area contributed by atoms with E-state index in [1.165, 1.54) is 0 Å². The van der Waals surface area contributed by atoms with E-state index in [1.807, 2.05) is 0 Å². The SMILES string of the molecule is Cc1nc(NC(N)=O)sc1C(=O)CBr. The zero-order chi connectivity index (χ0) is 10.7. The molecule has 0 spiro atoms. The summed E-state index contributed by atoms with van der Waals surface area (Å²) in [4.78, 5) is 26.3. The Morgan fingerprint density at radius 1 is 1.64 bits per heavy atom. The first-order chi connectivity index (χ1) is 6.54. The van der Waals surface area contributed by atoms with Gasteiger partial charge in [0.15, 0.2) is 10.9 Å². The summed E-state index contributed by atoms with van der Waals surface area (Å²) in [6, 6.07) is -0.684. The summed E-state index contributed by atoms with van der Waals surface area (Å²) in [5.41, 5.74) is 5.52. The van der Waals surface area contributed by atoms with Gasteiger partial charge in [-0.2, -0.15) is 0 Å². The number of Topliss-reactive ketones (excluding diaryl/α,β-unsaturated/α-hetero) is 1. The number of thiazole rings is 1. The Morgan fingerprint density at radius 3 is 2.79 bits per heavy atom. The molecule has 0 atom stereocenters. The highest BCUT2D eigenvalue weighted by Gasteiger charge is 2.14. The van der Waals surface area contributed by atoms with Gasteiger partial charge in [-0.25, -0.2) is 9.78 Å². The molecule has 0 aliphatic carbocycles. The number of rotatable bonds is 3. The zero-order valence-electron chi connectivity index (χ0n) is 7.33. The minimum atomic E-state index is -0.684. The van der Waals surface area contributed by atoms with Crippen molar-refractivity contribution in [3.8, 4) is 0 Å². The molecule has 76 valence electrons. The average Bonchev–Trinajstić information content (AvgIpc) is 2.44. The Hall–Kier alpha value is -0.950. The molecule has 0 radical (unpaired) electrons. The molecule has 1 heterocycles. The van der Waals surface area contributed by atoms with E-state index in [9.17, 15) is 9.59 Å². The van der Waals surface area contributed by atoms with Gasteiger partial charge in [0.25, 0.3) is 0 Å². The predicted octanol–water partition coefficient (Wildman–Crippen LogP) is 1.52. The lowest BCUT2D eigenvalue weighted by atomic mass is 10.3. The van der Waals surface area contributed by atoms with Crippen LogP contribution in [0.3, 0.4) is 0 Å². The summed E-state index contributed by atoms with van der Waals surface area (Å²) in [6.45, 7) is 1.71. The molecule has 0 saturated heterocycles. The van der Waals surface area contributed by atoms with E-state index in [4.69, 9.17) is 5.73 Å². The molecular weight excluding hydrogens is 270 g/mol. The number of carbonyl (C=O) groups is 2. The molecule has 5 nitrogen and oxygen atoms in total. The van der Waals surface area contributed by atoms with Crippen LogP contribution < -0.4 is 11.1 Å². The molecular formula is C7H8BrN3O2S. The van der Waals surface area contributed by atoms with Gasteiger partial charge in [-0.3, -0.25) is 10.1 Å². The third-order valence-electron chi connectivity index (χ3n) is 1.40. The predicted molar refractivity (Wildman–Crippen MR) is 58.2 cm³/mol. The van der Waals surface area contributed by atoms with Crippen molar-refractivity contribution in [1.29, 1.82) is 0 Å². The van der Waals surface area contributed by atoms with Gasteiger partial charge in [0, 0.05) is 0 Å². The largest absolute Gasteiger partial charge is 0.351 e. The number of nitrogens with one attached hydrogen (secondary N) is 1. The van der Waals surface area contributed by atoms with E-state index in [-0.39, 0.29) is 11.1 Å². The zero-order valence-corrected chi connectivity index (χ0v) is 9.74. The maximum absolute atomic E-state index is 11.3. The molecule has 14 heavy (non-hydrogen) atoms. The second kappa shape index (κ2) is 4.52. The molecule has 0 aliphatic heterocycles. The van der Waals surface area contributed by atoms with Crippen molar-refractivity contribution in [2.45, 2.75) is 6.92 Å². The summed E-state index contributed by atoms with van der Waals surface area (Å²) in [6.07, 6.45) is 0. The van der Waals surface area contributed by atoms with E-state index in [0.29, 0.717) is 15.7 Å². The lowest BCUT2D eigenvalue weighted by Gasteiger charge is -1.91. The molecule has 0 unspecified atom stereocenters. The standard InChI is InChI=1S/C7H8BrN3O2S/c1-3-5(4(12)2-8)14-7(10-3)11-6(9)13/h2H2,1H3,(H3,9,10,11,13). The number of aryl methyl sites for hydroxylation is 1. The van der Waals surface area contributed by atoms with Crippen molar-refractivity contribution in [2.75, 3.05) is 10.6 Å². The number of nitrogens with two attached hydrogens (primary N) is 1. The molecule has 0 aliphatic rings. The highest BCUT2D eigenvalue weighted by molar-refractivity contribution is 9.09. The number of hydrogen-bond donors (Lipinski definition) is 2.